The molecule has 0 spiro atoms. The van der Waals surface area contributed by atoms with Crippen LogP contribution in [0.4, 0.5) is 0 Å². The maximum atomic E-state index is 12.0. The van der Waals surface area contributed by atoms with Gasteiger partial charge in [-0.3, -0.25) is 4.21 Å². The fraction of sp³-hybridized carbons (Fsp3) is 0.133. The third kappa shape index (κ3) is 3.83. The molecule has 0 saturated carbocycles. The standard InChI is InChI=1S/C15H12ClNO2S/c16-13-5-3-6-14(10-13)20(18)9-8-19-15-7-2-1-4-12(15)11-17/h1-7,10H,8-9H2. The fourth-order valence-corrected chi connectivity index (χ4v) is 2.85. The molecule has 1 atom stereocenters. The smallest absolute Gasteiger partial charge is 0.137 e. The van der Waals surface area contributed by atoms with E-state index in [1.807, 2.05) is 0 Å². The molecule has 0 aliphatic heterocycles. The zero-order valence-corrected chi connectivity index (χ0v) is 12.2. The summed E-state index contributed by atoms with van der Waals surface area (Å²) in [7, 11) is -1.17. The van der Waals surface area contributed by atoms with Gasteiger partial charge in [0.15, 0.2) is 0 Å². The quantitative estimate of drug-likeness (QED) is 0.850. The van der Waals surface area contributed by atoms with E-state index in [1.165, 1.54) is 0 Å². The molecule has 1 unspecified atom stereocenters. The van der Waals surface area contributed by atoms with E-state index in [4.69, 9.17) is 21.6 Å². The zero-order chi connectivity index (χ0) is 14.4. The van der Waals surface area contributed by atoms with Crippen LogP contribution >= 0.6 is 11.6 Å². The average molecular weight is 306 g/mol. The summed E-state index contributed by atoms with van der Waals surface area (Å²) in [6, 6.07) is 16.0. The van der Waals surface area contributed by atoms with Crippen molar-refractivity contribution in [2.45, 2.75) is 4.90 Å². The lowest BCUT2D eigenvalue weighted by Crippen LogP contribution is -2.09. The number of halogens is 1. The van der Waals surface area contributed by atoms with Gasteiger partial charge in [0.25, 0.3) is 0 Å². The minimum atomic E-state index is -1.17. The molecule has 0 amide bonds. The predicted octanol–water partition coefficient (Wildman–Crippen LogP) is 3.40. The van der Waals surface area contributed by atoms with E-state index in [-0.39, 0.29) is 6.61 Å². The average Bonchev–Trinajstić information content (AvgIpc) is 2.47. The topological polar surface area (TPSA) is 50.1 Å². The second kappa shape index (κ2) is 7.09. The number of nitrogens with zero attached hydrogens (tertiary/aromatic N) is 1. The first-order valence-electron chi connectivity index (χ1n) is 5.96. The number of hydrogen-bond donors (Lipinski definition) is 0. The molecular formula is C15H12ClNO2S. The normalized spacial score (nSPS) is 11.6. The van der Waals surface area contributed by atoms with E-state index in [9.17, 15) is 4.21 Å². The lowest BCUT2D eigenvalue weighted by atomic mass is 10.2. The van der Waals surface area contributed by atoms with Crippen molar-refractivity contribution in [1.29, 1.82) is 5.26 Å². The minimum Gasteiger partial charge on any atom is -0.491 e. The van der Waals surface area contributed by atoms with Crippen molar-refractivity contribution in [3.8, 4) is 11.8 Å². The van der Waals surface area contributed by atoms with Crippen molar-refractivity contribution < 1.29 is 8.95 Å². The van der Waals surface area contributed by atoms with E-state index in [1.54, 1.807) is 48.5 Å². The molecule has 0 heterocycles. The Morgan fingerprint density at radius 1 is 1.20 bits per heavy atom. The Kier molecular flexibility index (Phi) is 5.16. The van der Waals surface area contributed by atoms with Gasteiger partial charge in [-0.25, -0.2) is 0 Å². The van der Waals surface area contributed by atoms with Crippen molar-refractivity contribution in [3.05, 3.63) is 59.1 Å². The summed E-state index contributed by atoms with van der Waals surface area (Å²) in [5, 5.41) is 9.49. The molecule has 3 nitrogen and oxygen atoms in total. The number of para-hydroxylation sites is 1. The highest BCUT2D eigenvalue weighted by Crippen LogP contribution is 2.17. The number of benzene rings is 2. The van der Waals surface area contributed by atoms with E-state index in [2.05, 4.69) is 6.07 Å². The second-order valence-electron chi connectivity index (χ2n) is 3.96. The van der Waals surface area contributed by atoms with Gasteiger partial charge >= 0.3 is 0 Å². The van der Waals surface area contributed by atoms with Gasteiger partial charge in [-0.15, -0.1) is 0 Å². The summed E-state index contributed by atoms with van der Waals surface area (Å²) in [4.78, 5) is 0.676. The van der Waals surface area contributed by atoms with Crippen molar-refractivity contribution in [1.82, 2.24) is 0 Å². The summed E-state index contributed by atoms with van der Waals surface area (Å²) in [6.45, 7) is 0.276. The molecule has 20 heavy (non-hydrogen) atoms. The van der Waals surface area contributed by atoms with Gasteiger partial charge in [-0.2, -0.15) is 5.26 Å². The first kappa shape index (κ1) is 14.6. The molecule has 5 heteroatoms. The van der Waals surface area contributed by atoms with Crippen LogP contribution in [0.2, 0.25) is 5.02 Å². The third-order valence-corrected chi connectivity index (χ3v) is 4.15. The third-order valence-electron chi connectivity index (χ3n) is 2.59. The fourth-order valence-electron chi connectivity index (χ4n) is 1.64. The first-order chi connectivity index (χ1) is 9.70. The van der Waals surface area contributed by atoms with Gasteiger partial charge in [0.05, 0.1) is 22.1 Å². The minimum absolute atomic E-state index is 0.276. The molecule has 0 aliphatic carbocycles. The highest BCUT2D eigenvalue weighted by Gasteiger charge is 2.06. The van der Waals surface area contributed by atoms with Crippen LogP contribution in [0, 0.1) is 11.3 Å². The van der Waals surface area contributed by atoms with E-state index >= 15 is 0 Å². The van der Waals surface area contributed by atoms with Crippen LogP contribution in [0.1, 0.15) is 5.56 Å². The number of nitriles is 1. The Morgan fingerprint density at radius 3 is 2.75 bits per heavy atom. The van der Waals surface area contributed by atoms with Gasteiger partial charge in [-0.1, -0.05) is 29.8 Å². The molecule has 2 aromatic carbocycles. The summed E-state index contributed by atoms with van der Waals surface area (Å²) in [5.74, 6) is 0.859. The molecule has 2 aromatic rings. The number of rotatable bonds is 5. The largest absolute Gasteiger partial charge is 0.491 e. The predicted molar refractivity (Wildman–Crippen MR) is 79.4 cm³/mol. The Hall–Kier alpha value is -1.83. The molecule has 2 rings (SSSR count). The van der Waals surface area contributed by atoms with E-state index < -0.39 is 10.8 Å². The molecule has 0 aliphatic rings. The summed E-state index contributed by atoms with van der Waals surface area (Å²) < 4.78 is 17.6. The van der Waals surface area contributed by atoms with Gasteiger partial charge in [0.2, 0.25) is 0 Å². The van der Waals surface area contributed by atoms with Crippen LogP contribution in [-0.4, -0.2) is 16.6 Å². The Labute approximate surface area is 125 Å². The highest BCUT2D eigenvalue weighted by molar-refractivity contribution is 7.85. The molecule has 0 fully saturated rings. The first-order valence-corrected chi connectivity index (χ1v) is 7.66. The molecule has 102 valence electrons. The van der Waals surface area contributed by atoms with Gasteiger partial charge in [0, 0.05) is 9.92 Å². The molecule has 0 N–H and O–H groups in total. The number of ether oxygens (including phenoxy) is 1. The SMILES string of the molecule is N#Cc1ccccc1OCCS(=O)c1cccc(Cl)c1. The van der Waals surface area contributed by atoms with Crippen molar-refractivity contribution in [2.75, 3.05) is 12.4 Å². The van der Waals surface area contributed by atoms with Crippen LogP contribution in [-0.2, 0) is 10.8 Å². The van der Waals surface area contributed by atoms with Crippen molar-refractivity contribution in [3.63, 3.8) is 0 Å². The molecule has 0 aromatic heterocycles. The van der Waals surface area contributed by atoms with Crippen molar-refractivity contribution >= 4 is 22.4 Å². The van der Waals surface area contributed by atoms with Gasteiger partial charge in [0.1, 0.15) is 18.4 Å². The summed E-state index contributed by atoms with van der Waals surface area (Å²) >= 11 is 5.86. The summed E-state index contributed by atoms with van der Waals surface area (Å²) in [5.41, 5.74) is 0.473. The molecular weight excluding hydrogens is 294 g/mol. The Morgan fingerprint density at radius 2 is 2.00 bits per heavy atom. The zero-order valence-electron chi connectivity index (χ0n) is 10.6. The summed E-state index contributed by atoms with van der Waals surface area (Å²) in [6.07, 6.45) is 0. The molecule has 0 saturated heterocycles. The van der Waals surface area contributed by atoms with E-state index in [0.717, 1.165) is 0 Å². The monoisotopic (exact) mass is 305 g/mol. The van der Waals surface area contributed by atoms with E-state index in [0.29, 0.717) is 27.0 Å². The molecule has 0 bridgehead atoms. The maximum absolute atomic E-state index is 12.0. The van der Waals surface area contributed by atoms with Gasteiger partial charge < -0.3 is 4.74 Å². The van der Waals surface area contributed by atoms with Gasteiger partial charge in [-0.05, 0) is 30.3 Å². The van der Waals surface area contributed by atoms with Crippen LogP contribution in [0.25, 0.3) is 0 Å². The van der Waals surface area contributed by atoms with Crippen LogP contribution < -0.4 is 4.74 Å². The molecule has 0 radical (unpaired) electrons. The maximum Gasteiger partial charge on any atom is 0.137 e. The van der Waals surface area contributed by atoms with Crippen molar-refractivity contribution in [2.24, 2.45) is 0 Å². The lowest BCUT2D eigenvalue weighted by Gasteiger charge is -2.07. The Bertz CT molecular complexity index is 667. The van der Waals surface area contributed by atoms with Crippen LogP contribution in [0.3, 0.4) is 0 Å². The Balaban J connectivity index is 1.93. The van der Waals surface area contributed by atoms with Crippen LogP contribution in [0.15, 0.2) is 53.4 Å². The second-order valence-corrected chi connectivity index (χ2v) is 5.97. The highest BCUT2D eigenvalue weighted by atomic mass is 35.5. The lowest BCUT2D eigenvalue weighted by molar-refractivity contribution is 0.341. The number of hydrogen-bond acceptors (Lipinski definition) is 3. The van der Waals surface area contributed by atoms with Crippen LogP contribution in [0.5, 0.6) is 5.75 Å².